The lowest BCUT2D eigenvalue weighted by molar-refractivity contribution is -0.137. The van der Waals surface area contributed by atoms with Gasteiger partial charge in [-0.2, -0.15) is 22.8 Å². The maximum absolute atomic E-state index is 12.6. The van der Waals surface area contributed by atoms with E-state index in [-0.39, 0.29) is 17.5 Å². The first-order valence-corrected chi connectivity index (χ1v) is 8.43. The van der Waals surface area contributed by atoms with E-state index in [0.717, 1.165) is 36.6 Å². The molecule has 2 aromatic heterocycles. The topological polar surface area (TPSA) is 62.5 Å². The molecule has 1 N–H and O–H groups in total. The van der Waals surface area contributed by atoms with E-state index in [1.54, 1.807) is 16.9 Å². The minimum absolute atomic E-state index is 0.0985. The monoisotopic (exact) mass is 375 g/mol. The Balaban J connectivity index is 1.42. The maximum atomic E-state index is 12.6. The Morgan fingerprint density at radius 2 is 1.89 bits per heavy atom. The number of fused-ring (bicyclic) bond motifs is 1. The van der Waals surface area contributed by atoms with Crippen LogP contribution in [0.2, 0.25) is 0 Å². The van der Waals surface area contributed by atoms with Gasteiger partial charge in [0.1, 0.15) is 5.82 Å². The third kappa shape index (κ3) is 3.44. The van der Waals surface area contributed by atoms with Crippen LogP contribution in [0.25, 0.3) is 5.65 Å². The summed E-state index contributed by atoms with van der Waals surface area (Å²) in [7, 11) is 0. The zero-order valence-corrected chi connectivity index (χ0v) is 14.1. The van der Waals surface area contributed by atoms with Gasteiger partial charge in [0.25, 0.3) is 5.91 Å². The summed E-state index contributed by atoms with van der Waals surface area (Å²) < 4.78 is 39.6. The molecule has 3 aromatic rings. The van der Waals surface area contributed by atoms with Crippen LogP contribution in [0.4, 0.5) is 19.0 Å². The van der Waals surface area contributed by atoms with Crippen molar-refractivity contribution in [3.05, 3.63) is 59.9 Å². The molecule has 1 saturated heterocycles. The molecule has 1 aromatic carbocycles. The SMILES string of the molecule is O=C(NC1CCN(c2ccnc3ccnn23)C1)c1ccc(C(F)(F)F)cc1. The fraction of sp³-hybridized carbons (Fsp3) is 0.278. The summed E-state index contributed by atoms with van der Waals surface area (Å²) in [5.74, 6) is 0.505. The Morgan fingerprint density at radius 3 is 2.63 bits per heavy atom. The lowest BCUT2D eigenvalue weighted by Gasteiger charge is -2.19. The minimum atomic E-state index is -4.41. The summed E-state index contributed by atoms with van der Waals surface area (Å²) in [4.78, 5) is 18.7. The first kappa shape index (κ1) is 17.3. The fourth-order valence-corrected chi connectivity index (χ4v) is 3.23. The predicted octanol–water partition coefficient (Wildman–Crippen LogP) is 2.76. The molecule has 0 radical (unpaired) electrons. The van der Waals surface area contributed by atoms with Gasteiger partial charge in [-0.3, -0.25) is 4.79 Å². The van der Waals surface area contributed by atoms with Crippen LogP contribution < -0.4 is 10.2 Å². The molecule has 27 heavy (non-hydrogen) atoms. The lowest BCUT2D eigenvalue weighted by atomic mass is 10.1. The standard InChI is InChI=1S/C18H16F3N5O/c19-18(20,21)13-3-1-12(2-4-13)17(27)24-14-7-10-25(11-14)16-6-8-22-15-5-9-23-26(15)16/h1-6,8-9,14H,7,10-11H2,(H,24,27). The molecule has 0 bridgehead atoms. The van der Waals surface area contributed by atoms with Crippen LogP contribution in [0.15, 0.2) is 48.8 Å². The number of alkyl halides is 3. The van der Waals surface area contributed by atoms with Crippen LogP contribution in [-0.4, -0.2) is 39.6 Å². The molecule has 3 heterocycles. The maximum Gasteiger partial charge on any atom is 0.416 e. The highest BCUT2D eigenvalue weighted by Crippen LogP contribution is 2.29. The highest BCUT2D eigenvalue weighted by Gasteiger charge is 2.30. The van der Waals surface area contributed by atoms with E-state index in [1.165, 1.54) is 12.1 Å². The van der Waals surface area contributed by atoms with Crippen molar-refractivity contribution in [1.29, 1.82) is 0 Å². The Bertz CT molecular complexity index is 967. The van der Waals surface area contributed by atoms with E-state index in [0.29, 0.717) is 6.54 Å². The van der Waals surface area contributed by atoms with Crippen molar-refractivity contribution in [2.75, 3.05) is 18.0 Å². The van der Waals surface area contributed by atoms with Gasteiger partial charge in [-0.1, -0.05) is 0 Å². The molecular formula is C18H16F3N5O. The van der Waals surface area contributed by atoms with Gasteiger partial charge >= 0.3 is 6.18 Å². The van der Waals surface area contributed by atoms with Crippen LogP contribution in [-0.2, 0) is 6.18 Å². The number of hydrogen-bond acceptors (Lipinski definition) is 4. The van der Waals surface area contributed by atoms with Gasteiger partial charge in [-0.15, -0.1) is 0 Å². The van der Waals surface area contributed by atoms with Crippen LogP contribution in [0.1, 0.15) is 22.3 Å². The number of benzene rings is 1. The van der Waals surface area contributed by atoms with Crippen LogP contribution in [0.3, 0.4) is 0 Å². The fourth-order valence-electron chi connectivity index (χ4n) is 3.23. The predicted molar refractivity (Wildman–Crippen MR) is 92.5 cm³/mol. The van der Waals surface area contributed by atoms with E-state index in [1.807, 2.05) is 12.1 Å². The van der Waals surface area contributed by atoms with E-state index >= 15 is 0 Å². The normalized spacial score (nSPS) is 17.4. The van der Waals surface area contributed by atoms with Gasteiger partial charge in [-0.25, -0.2) is 4.98 Å². The zero-order chi connectivity index (χ0) is 19.0. The summed E-state index contributed by atoms with van der Waals surface area (Å²) in [5.41, 5.74) is 0.177. The summed E-state index contributed by atoms with van der Waals surface area (Å²) in [6.45, 7) is 1.32. The quantitative estimate of drug-likeness (QED) is 0.765. The molecule has 1 amide bonds. The van der Waals surface area contributed by atoms with Crippen molar-refractivity contribution in [2.45, 2.75) is 18.6 Å². The molecule has 0 saturated carbocycles. The minimum Gasteiger partial charge on any atom is -0.354 e. The van der Waals surface area contributed by atoms with Gasteiger partial charge in [-0.05, 0) is 36.8 Å². The van der Waals surface area contributed by atoms with Crippen molar-refractivity contribution in [3.63, 3.8) is 0 Å². The number of carbonyl (C=O) groups excluding carboxylic acids is 1. The van der Waals surface area contributed by atoms with Crippen molar-refractivity contribution >= 4 is 17.4 Å². The Kier molecular flexibility index (Phi) is 4.21. The van der Waals surface area contributed by atoms with Crippen molar-refractivity contribution in [3.8, 4) is 0 Å². The number of amides is 1. The average Bonchev–Trinajstić information content (AvgIpc) is 3.30. The third-order valence-electron chi connectivity index (χ3n) is 4.59. The third-order valence-corrected chi connectivity index (χ3v) is 4.59. The van der Waals surface area contributed by atoms with Gasteiger partial charge < -0.3 is 10.2 Å². The first-order valence-electron chi connectivity index (χ1n) is 8.43. The summed E-state index contributed by atoms with van der Waals surface area (Å²) in [6, 6.07) is 7.80. The second-order valence-corrected chi connectivity index (χ2v) is 6.38. The number of nitrogens with one attached hydrogen (secondary N) is 1. The molecular weight excluding hydrogens is 359 g/mol. The van der Waals surface area contributed by atoms with E-state index in [9.17, 15) is 18.0 Å². The van der Waals surface area contributed by atoms with Gasteiger partial charge in [0, 0.05) is 37.0 Å². The van der Waals surface area contributed by atoms with Crippen LogP contribution in [0.5, 0.6) is 0 Å². The van der Waals surface area contributed by atoms with Gasteiger partial charge in [0.2, 0.25) is 0 Å². The summed E-state index contributed by atoms with van der Waals surface area (Å²) >= 11 is 0. The second kappa shape index (κ2) is 6.57. The number of rotatable bonds is 3. The van der Waals surface area contributed by atoms with Crippen LogP contribution in [0, 0.1) is 0 Å². The molecule has 1 unspecified atom stereocenters. The molecule has 1 fully saturated rings. The van der Waals surface area contributed by atoms with Crippen LogP contribution >= 0.6 is 0 Å². The lowest BCUT2D eigenvalue weighted by Crippen LogP contribution is -2.37. The zero-order valence-electron chi connectivity index (χ0n) is 14.1. The Hall–Kier alpha value is -3.10. The molecule has 0 spiro atoms. The number of hydrogen-bond donors (Lipinski definition) is 1. The average molecular weight is 375 g/mol. The van der Waals surface area contributed by atoms with Crippen molar-refractivity contribution in [1.82, 2.24) is 19.9 Å². The smallest absolute Gasteiger partial charge is 0.354 e. The molecule has 9 heteroatoms. The molecule has 6 nitrogen and oxygen atoms in total. The molecule has 140 valence electrons. The Labute approximate surface area is 152 Å². The molecule has 1 atom stereocenters. The molecule has 1 aliphatic heterocycles. The number of carbonyl (C=O) groups is 1. The number of anilines is 1. The van der Waals surface area contributed by atoms with E-state index < -0.39 is 11.7 Å². The Morgan fingerprint density at radius 1 is 1.11 bits per heavy atom. The van der Waals surface area contributed by atoms with Crippen molar-refractivity contribution < 1.29 is 18.0 Å². The number of halogens is 3. The van der Waals surface area contributed by atoms with Crippen molar-refractivity contribution in [2.24, 2.45) is 0 Å². The first-order chi connectivity index (χ1) is 12.9. The molecule has 1 aliphatic rings. The summed E-state index contributed by atoms with van der Waals surface area (Å²) in [5, 5.41) is 7.15. The largest absolute Gasteiger partial charge is 0.416 e. The summed E-state index contributed by atoms with van der Waals surface area (Å²) in [6.07, 6.45) is -0.299. The molecule has 0 aliphatic carbocycles. The van der Waals surface area contributed by atoms with E-state index in [4.69, 9.17) is 0 Å². The number of nitrogens with zero attached hydrogens (tertiary/aromatic N) is 4. The van der Waals surface area contributed by atoms with Gasteiger partial charge in [0.05, 0.1) is 11.8 Å². The van der Waals surface area contributed by atoms with Gasteiger partial charge in [0.15, 0.2) is 5.65 Å². The highest BCUT2D eigenvalue weighted by atomic mass is 19.4. The second-order valence-electron chi connectivity index (χ2n) is 6.38. The number of aromatic nitrogens is 3. The molecule has 4 rings (SSSR count). The van der Waals surface area contributed by atoms with E-state index in [2.05, 4.69) is 20.3 Å². The highest BCUT2D eigenvalue weighted by molar-refractivity contribution is 5.94.